The molecule has 6 heteroatoms. The van der Waals surface area contributed by atoms with E-state index in [-0.39, 0.29) is 5.91 Å². The van der Waals surface area contributed by atoms with Gasteiger partial charge >= 0.3 is 0 Å². The average Bonchev–Trinajstić information content (AvgIpc) is 2.70. The second-order valence-electron chi connectivity index (χ2n) is 6.77. The van der Waals surface area contributed by atoms with Crippen LogP contribution in [0.2, 0.25) is 0 Å². The van der Waals surface area contributed by atoms with Crippen LogP contribution in [0.3, 0.4) is 0 Å². The Morgan fingerprint density at radius 1 is 1.37 bits per heavy atom. The van der Waals surface area contributed by atoms with E-state index in [4.69, 9.17) is 10.7 Å². The zero-order valence-electron chi connectivity index (χ0n) is 15.6. The first-order chi connectivity index (χ1) is 13.1. The maximum absolute atomic E-state index is 11.9. The molecule has 0 saturated carbocycles. The number of aromatic nitrogens is 2. The third kappa shape index (κ3) is 4.39. The van der Waals surface area contributed by atoms with E-state index in [9.17, 15) is 4.79 Å². The van der Waals surface area contributed by atoms with Crippen molar-refractivity contribution in [1.82, 2.24) is 14.9 Å². The molecule has 1 atom stereocenters. The lowest BCUT2D eigenvalue weighted by Crippen LogP contribution is -2.40. The standard InChI is InChI=1S/C21H25N5O/c1-3-18(27)26-11-7-8-16(13-26)12-23-20(17-9-5-4-6-10-17)19-15(2)24-14-25-21(19)22/h3-6,9-10,14,16H,1,7-8,11-13H2,2H3,(H2,22,24,25)/b23-20-. The normalized spacial score (nSPS) is 17.6. The Morgan fingerprint density at radius 3 is 2.85 bits per heavy atom. The van der Waals surface area contributed by atoms with Crippen LogP contribution in [0, 0.1) is 12.8 Å². The van der Waals surface area contributed by atoms with Crippen molar-refractivity contribution >= 4 is 17.4 Å². The van der Waals surface area contributed by atoms with Gasteiger partial charge in [-0.2, -0.15) is 0 Å². The van der Waals surface area contributed by atoms with Crippen molar-refractivity contribution in [3.63, 3.8) is 0 Å². The van der Waals surface area contributed by atoms with Gasteiger partial charge in [-0.15, -0.1) is 0 Å². The molecule has 27 heavy (non-hydrogen) atoms. The van der Waals surface area contributed by atoms with Gasteiger partial charge < -0.3 is 10.6 Å². The molecule has 1 aliphatic rings. The molecule has 6 nitrogen and oxygen atoms in total. The second-order valence-corrected chi connectivity index (χ2v) is 6.77. The predicted molar refractivity (Wildman–Crippen MR) is 108 cm³/mol. The molecule has 0 bridgehead atoms. The van der Waals surface area contributed by atoms with Gasteiger partial charge in [0, 0.05) is 25.2 Å². The third-order valence-corrected chi connectivity index (χ3v) is 4.86. The van der Waals surface area contributed by atoms with E-state index in [2.05, 4.69) is 16.5 Å². The number of amides is 1. The minimum atomic E-state index is -0.0106. The highest BCUT2D eigenvalue weighted by Crippen LogP contribution is 2.21. The molecule has 1 aliphatic heterocycles. The molecule has 0 aliphatic carbocycles. The number of nitrogens with zero attached hydrogens (tertiary/aromatic N) is 4. The van der Waals surface area contributed by atoms with Gasteiger partial charge in [-0.3, -0.25) is 9.79 Å². The summed E-state index contributed by atoms with van der Waals surface area (Å²) in [6.07, 6.45) is 4.88. The molecule has 1 saturated heterocycles. The molecule has 2 aromatic rings. The Morgan fingerprint density at radius 2 is 2.15 bits per heavy atom. The number of hydrogen-bond acceptors (Lipinski definition) is 5. The lowest BCUT2D eigenvalue weighted by Gasteiger charge is -2.31. The van der Waals surface area contributed by atoms with Gasteiger partial charge in [0.05, 0.1) is 17.0 Å². The number of rotatable bonds is 5. The monoisotopic (exact) mass is 363 g/mol. The fourth-order valence-corrected chi connectivity index (χ4v) is 3.46. The number of hydrogen-bond donors (Lipinski definition) is 1. The Hall–Kier alpha value is -3.02. The fraction of sp³-hybridized carbons (Fsp3) is 0.333. The summed E-state index contributed by atoms with van der Waals surface area (Å²) in [5, 5.41) is 0. The maximum atomic E-state index is 11.9. The minimum absolute atomic E-state index is 0.0106. The van der Waals surface area contributed by atoms with Crippen molar-refractivity contribution in [2.24, 2.45) is 10.9 Å². The van der Waals surface area contributed by atoms with Gasteiger partial charge in [0.2, 0.25) is 5.91 Å². The van der Waals surface area contributed by atoms with Gasteiger partial charge in [0.15, 0.2) is 0 Å². The molecular formula is C21H25N5O. The molecule has 2 N–H and O–H groups in total. The van der Waals surface area contributed by atoms with Crippen LogP contribution in [0.25, 0.3) is 0 Å². The van der Waals surface area contributed by atoms with Crippen molar-refractivity contribution in [1.29, 1.82) is 0 Å². The van der Waals surface area contributed by atoms with Crippen LogP contribution in [0.4, 0.5) is 5.82 Å². The lowest BCUT2D eigenvalue weighted by atomic mass is 9.97. The summed E-state index contributed by atoms with van der Waals surface area (Å²) in [5.41, 5.74) is 9.52. The van der Waals surface area contributed by atoms with Gasteiger partial charge in [0.1, 0.15) is 12.1 Å². The zero-order chi connectivity index (χ0) is 19.2. The largest absolute Gasteiger partial charge is 0.383 e. The van der Waals surface area contributed by atoms with E-state index in [1.54, 1.807) is 0 Å². The van der Waals surface area contributed by atoms with Crippen LogP contribution < -0.4 is 5.73 Å². The zero-order valence-corrected chi connectivity index (χ0v) is 15.6. The molecule has 0 spiro atoms. The van der Waals surface area contributed by atoms with Crippen molar-refractivity contribution in [2.75, 3.05) is 25.4 Å². The number of carbonyl (C=O) groups is 1. The number of likely N-dealkylation sites (tertiary alicyclic amines) is 1. The van der Waals surface area contributed by atoms with Crippen LogP contribution >= 0.6 is 0 Å². The van der Waals surface area contributed by atoms with Crippen molar-refractivity contribution in [2.45, 2.75) is 19.8 Å². The summed E-state index contributed by atoms with van der Waals surface area (Å²) in [5.74, 6) is 0.730. The molecule has 1 aromatic heterocycles. The van der Waals surface area contributed by atoms with Gasteiger partial charge in [0.25, 0.3) is 0 Å². The highest BCUT2D eigenvalue weighted by Gasteiger charge is 2.23. The van der Waals surface area contributed by atoms with Crippen molar-refractivity contribution in [3.05, 3.63) is 66.1 Å². The number of piperidine rings is 1. The van der Waals surface area contributed by atoms with Crippen LogP contribution in [0.15, 0.2) is 54.3 Å². The van der Waals surface area contributed by atoms with Crippen molar-refractivity contribution in [3.8, 4) is 0 Å². The number of nitrogen functional groups attached to an aromatic ring is 1. The van der Waals surface area contributed by atoms with Crippen molar-refractivity contribution < 1.29 is 4.79 Å². The lowest BCUT2D eigenvalue weighted by molar-refractivity contribution is -0.127. The van der Waals surface area contributed by atoms with E-state index >= 15 is 0 Å². The molecule has 0 radical (unpaired) electrons. The molecule has 2 heterocycles. The fourth-order valence-electron chi connectivity index (χ4n) is 3.46. The summed E-state index contributed by atoms with van der Waals surface area (Å²) < 4.78 is 0. The van der Waals surface area contributed by atoms with Gasteiger partial charge in [-0.1, -0.05) is 36.9 Å². The number of aliphatic imine (C=N–C) groups is 1. The SMILES string of the molecule is C=CC(=O)N1CCCC(C/N=C(/c2ccccc2)c2c(C)ncnc2N)C1. The van der Waals surface area contributed by atoms with E-state index < -0.39 is 0 Å². The van der Waals surface area contributed by atoms with Gasteiger partial charge in [-0.05, 0) is 31.8 Å². The van der Waals surface area contributed by atoms with E-state index in [1.165, 1.54) is 12.4 Å². The Balaban J connectivity index is 1.90. The van der Waals surface area contributed by atoms with Crippen LogP contribution in [0.1, 0.15) is 29.7 Å². The number of nitrogens with two attached hydrogens (primary N) is 1. The quantitative estimate of drug-likeness (QED) is 0.654. The second kappa shape index (κ2) is 8.58. The maximum Gasteiger partial charge on any atom is 0.245 e. The molecule has 1 amide bonds. The Labute approximate surface area is 159 Å². The molecule has 140 valence electrons. The van der Waals surface area contributed by atoms with E-state index in [0.717, 1.165) is 41.9 Å². The summed E-state index contributed by atoms with van der Waals surface area (Å²) in [6.45, 7) is 7.62. The van der Waals surface area contributed by atoms with Gasteiger partial charge in [-0.25, -0.2) is 9.97 Å². The van der Waals surface area contributed by atoms with Crippen LogP contribution in [0.5, 0.6) is 0 Å². The molecule has 3 rings (SSSR count). The van der Waals surface area contributed by atoms with Crippen LogP contribution in [-0.2, 0) is 4.79 Å². The first kappa shape index (κ1) is 18.8. The summed E-state index contributed by atoms with van der Waals surface area (Å²) in [7, 11) is 0. The highest BCUT2D eigenvalue weighted by molar-refractivity contribution is 6.15. The Kier molecular flexibility index (Phi) is 5.96. The van der Waals surface area contributed by atoms with E-state index in [0.29, 0.717) is 24.8 Å². The number of anilines is 1. The Bertz CT molecular complexity index is 827. The van der Waals surface area contributed by atoms with Crippen LogP contribution in [-0.4, -0.2) is 46.1 Å². The average molecular weight is 363 g/mol. The summed E-state index contributed by atoms with van der Waals surface area (Å²) >= 11 is 0. The summed E-state index contributed by atoms with van der Waals surface area (Å²) in [6, 6.07) is 9.95. The number of aryl methyl sites for hydroxylation is 1. The number of carbonyl (C=O) groups excluding carboxylic acids is 1. The molecule has 1 aromatic carbocycles. The first-order valence-corrected chi connectivity index (χ1v) is 9.18. The first-order valence-electron chi connectivity index (χ1n) is 9.18. The molecule has 1 unspecified atom stereocenters. The minimum Gasteiger partial charge on any atom is -0.383 e. The molecular weight excluding hydrogens is 338 g/mol. The number of benzene rings is 1. The topological polar surface area (TPSA) is 84.5 Å². The predicted octanol–water partition coefficient (Wildman–Crippen LogP) is 2.63. The van der Waals surface area contributed by atoms with E-state index in [1.807, 2.05) is 42.2 Å². The molecule has 1 fully saturated rings. The highest BCUT2D eigenvalue weighted by atomic mass is 16.2. The summed E-state index contributed by atoms with van der Waals surface area (Å²) in [4.78, 5) is 27.1. The smallest absolute Gasteiger partial charge is 0.245 e. The third-order valence-electron chi connectivity index (χ3n) is 4.86.